The van der Waals surface area contributed by atoms with E-state index in [0.717, 1.165) is 5.56 Å². The van der Waals surface area contributed by atoms with Gasteiger partial charge >= 0.3 is 0 Å². The number of carbonyl (C=O) groups is 1. The summed E-state index contributed by atoms with van der Waals surface area (Å²) in [5.74, 6) is -0.195. The Labute approximate surface area is 101 Å². The third kappa shape index (κ3) is 3.22. The largest absolute Gasteiger partial charge is 0.348 e. The summed E-state index contributed by atoms with van der Waals surface area (Å²) in [4.78, 5) is 11.7. The van der Waals surface area contributed by atoms with E-state index in [1.165, 1.54) is 0 Å². The molecule has 3 N–H and O–H groups in total. The van der Waals surface area contributed by atoms with Gasteiger partial charge < -0.3 is 11.1 Å². The van der Waals surface area contributed by atoms with Crippen LogP contribution in [0.4, 0.5) is 0 Å². The van der Waals surface area contributed by atoms with Crippen molar-refractivity contribution < 1.29 is 4.79 Å². The summed E-state index contributed by atoms with van der Waals surface area (Å²) in [5, 5.41) is 3.47. The van der Waals surface area contributed by atoms with Gasteiger partial charge in [-0.1, -0.05) is 29.8 Å². The molecule has 0 heterocycles. The lowest BCUT2D eigenvalue weighted by Gasteiger charge is -2.22. The van der Waals surface area contributed by atoms with Gasteiger partial charge in [0, 0.05) is 5.02 Å². The maximum atomic E-state index is 11.7. The zero-order valence-corrected chi connectivity index (χ0v) is 10.5. The van der Waals surface area contributed by atoms with Gasteiger partial charge in [0.2, 0.25) is 5.91 Å². The van der Waals surface area contributed by atoms with Crippen molar-refractivity contribution in [2.45, 2.75) is 32.4 Å². The van der Waals surface area contributed by atoms with Gasteiger partial charge in [0.25, 0.3) is 0 Å². The maximum Gasteiger partial charge on any atom is 0.239 e. The Hall–Kier alpha value is -1.06. The number of hydrogen-bond acceptors (Lipinski definition) is 2. The fraction of sp³-hybridized carbons (Fsp3) is 0.417. The predicted molar refractivity (Wildman–Crippen MR) is 66.3 cm³/mol. The average molecular weight is 241 g/mol. The molecule has 0 aromatic heterocycles. The first-order valence-corrected chi connectivity index (χ1v) is 5.54. The second-order valence-corrected chi connectivity index (χ2v) is 4.85. The van der Waals surface area contributed by atoms with Crippen molar-refractivity contribution in [1.82, 2.24) is 5.32 Å². The molecule has 1 rings (SSSR count). The molecule has 0 saturated heterocycles. The van der Waals surface area contributed by atoms with Crippen LogP contribution in [0, 0.1) is 0 Å². The SMILES string of the molecule is C[C@@H](NC(=O)C(C)(C)N)c1ccccc1Cl. The number of nitrogens with one attached hydrogen (secondary N) is 1. The van der Waals surface area contributed by atoms with Crippen molar-refractivity contribution in [2.75, 3.05) is 0 Å². The Morgan fingerprint density at radius 2 is 2.00 bits per heavy atom. The molecule has 0 aliphatic carbocycles. The Morgan fingerprint density at radius 3 is 2.50 bits per heavy atom. The van der Waals surface area contributed by atoms with E-state index in [9.17, 15) is 4.79 Å². The third-order valence-corrected chi connectivity index (χ3v) is 2.65. The lowest BCUT2D eigenvalue weighted by molar-refractivity contribution is -0.125. The van der Waals surface area contributed by atoms with E-state index in [2.05, 4.69) is 5.32 Å². The summed E-state index contributed by atoms with van der Waals surface area (Å²) in [6, 6.07) is 7.28. The van der Waals surface area contributed by atoms with Gasteiger partial charge in [-0.05, 0) is 32.4 Å². The summed E-state index contributed by atoms with van der Waals surface area (Å²) in [7, 11) is 0. The fourth-order valence-corrected chi connectivity index (χ4v) is 1.59. The third-order valence-electron chi connectivity index (χ3n) is 2.30. The smallest absolute Gasteiger partial charge is 0.239 e. The Bertz CT molecular complexity index is 385. The van der Waals surface area contributed by atoms with E-state index in [1.807, 2.05) is 25.1 Å². The topological polar surface area (TPSA) is 55.1 Å². The molecule has 0 radical (unpaired) electrons. The molecule has 1 atom stereocenters. The predicted octanol–water partition coefficient (Wildman–Crippen LogP) is 2.25. The maximum absolute atomic E-state index is 11.7. The van der Waals surface area contributed by atoms with Gasteiger partial charge in [-0.25, -0.2) is 0 Å². The lowest BCUT2D eigenvalue weighted by atomic mass is 10.0. The molecule has 88 valence electrons. The number of amides is 1. The monoisotopic (exact) mass is 240 g/mol. The molecular formula is C12H17ClN2O. The first-order chi connectivity index (χ1) is 7.32. The van der Waals surface area contributed by atoms with Crippen LogP contribution in [0.5, 0.6) is 0 Å². The summed E-state index contributed by atoms with van der Waals surface area (Å²) >= 11 is 6.03. The van der Waals surface area contributed by atoms with Crippen molar-refractivity contribution in [3.05, 3.63) is 34.9 Å². The van der Waals surface area contributed by atoms with Crippen LogP contribution in [0.3, 0.4) is 0 Å². The van der Waals surface area contributed by atoms with Crippen LogP contribution < -0.4 is 11.1 Å². The van der Waals surface area contributed by atoms with Crippen molar-refractivity contribution in [2.24, 2.45) is 5.73 Å². The Kier molecular flexibility index (Phi) is 3.94. The summed E-state index contributed by atoms with van der Waals surface area (Å²) in [5.41, 5.74) is 5.71. The molecule has 16 heavy (non-hydrogen) atoms. The molecule has 0 bridgehead atoms. The van der Waals surface area contributed by atoms with Crippen molar-refractivity contribution in [1.29, 1.82) is 0 Å². The zero-order valence-electron chi connectivity index (χ0n) is 9.75. The van der Waals surface area contributed by atoms with Gasteiger partial charge in [0.15, 0.2) is 0 Å². The number of hydrogen-bond donors (Lipinski definition) is 2. The molecule has 1 aromatic carbocycles. The molecular weight excluding hydrogens is 224 g/mol. The number of halogens is 1. The van der Waals surface area contributed by atoms with Crippen LogP contribution in [0.1, 0.15) is 32.4 Å². The quantitative estimate of drug-likeness (QED) is 0.852. The molecule has 3 nitrogen and oxygen atoms in total. The molecule has 0 fully saturated rings. The van der Waals surface area contributed by atoms with Crippen molar-refractivity contribution in [3.63, 3.8) is 0 Å². The van der Waals surface area contributed by atoms with E-state index in [1.54, 1.807) is 19.9 Å². The second-order valence-electron chi connectivity index (χ2n) is 4.44. The first-order valence-electron chi connectivity index (χ1n) is 5.16. The molecule has 0 spiro atoms. The minimum absolute atomic E-state index is 0.149. The van der Waals surface area contributed by atoms with Crippen LogP contribution in [0.15, 0.2) is 24.3 Å². The molecule has 4 heteroatoms. The van der Waals surface area contributed by atoms with E-state index >= 15 is 0 Å². The molecule has 0 unspecified atom stereocenters. The fourth-order valence-electron chi connectivity index (χ4n) is 1.29. The molecule has 1 amide bonds. The van der Waals surface area contributed by atoms with Crippen molar-refractivity contribution >= 4 is 17.5 Å². The van der Waals surface area contributed by atoms with Gasteiger partial charge in [0.1, 0.15) is 0 Å². The first kappa shape index (κ1) is 13.0. The van der Waals surface area contributed by atoms with E-state index < -0.39 is 5.54 Å². The van der Waals surface area contributed by atoms with Crippen LogP contribution in [0.25, 0.3) is 0 Å². The number of nitrogens with two attached hydrogens (primary N) is 1. The van der Waals surface area contributed by atoms with E-state index in [4.69, 9.17) is 17.3 Å². The average Bonchev–Trinajstić information content (AvgIpc) is 2.16. The molecule has 0 aliphatic rings. The highest BCUT2D eigenvalue weighted by molar-refractivity contribution is 6.31. The highest BCUT2D eigenvalue weighted by Crippen LogP contribution is 2.22. The van der Waals surface area contributed by atoms with E-state index in [0.29, 0.717) is 5.02 Å². The Morgan fingerprint density at radius 1 is 1.44 bits per heavy atom. The van der Waals surface area contributed by atoms with Crippen molar-refractivity contribution in [3.8, 4) is 0 Å². The van der Waals surface area contributed by atoms with Gasteiger partial charge in [0.05, 0.1) is 11.6 Å². The highest BCUT2D eigenvalue weighted by atomic mass is 35.5. The minimum atomic E-state index is -0.879. The van der Waals surface area contributed by atoms with Crippen LogP contribution in [-0.2, 0) is 4.79 Å². The highest BCUT2D eigenvalue weighted by Gasteiger charge is 2.23. The van der Waals surface area contributed by atoms with Gasteiger partial charge in [-0.2, -0.15) is 0 Å². The van der Waals surface area contributed by atoms with E-state index in [-0.39, 0.29) is 11.9 Å². The summed E-state index contributed by atoms with van der Waals surface area (Å²) in [6.07, 6.45) is 0. The summed E-state index contributed by atoms with van der Waals surface area (Å²) in [6.45, 7) is 5.22. The normalized spacial score (nSPS) is 13.3. The molecule has 0 saturated carbocycles. The number of rotatable bonds is 3. The number of carbonyl (C=O) groups excluding carboxylic acids is 1. The minimum Gasteiger partial charge on any atom is -0.348 e. The Balaban J connectivity index is 2.78. The van der Waals surface area contributed by atoms with Crippen LogP contribution in [-0.4, -0.2) is 11.4 Å². The van der Waals surface area contributed by atoms with Crippen LogP contribution in [0.2, 0.25) is 5.02 Å². The summed E-state index contributed by atoms with van der Waals surface area (Å²) < 4.78 is 0. The molecule has 0 aliphatic heterocycles. The lowest BCUT2D eigenvalue weighted by Crippen LogP contribution is -2.49. The van der Waals surface area contributed by atoms with Crippen LogP contribution >= 0.6 is 11.6 Å². The van der Waals surface area contributed by atoms with Gasteiger partial charge in [-0.15, -0.1) is 0 Å². The number of benzene rings is 1. The van der Waals surface area contributed by atoms with Gasteiger partial charge in [-0.3, -0.25) is 4.79 Å². The zero-order chi connectivity index (χ0) is 12.3. The standard InChI is InChI=1S/C12H17ClN2O/c1-8(15-11(16)12(2,3)14)9-6-4-5-7-10(9)13/h4-8H,14H2,1-3H3,(H,15,16)/t8-/m1/s1. The molecule has 1 aromatic rings. The second kappa shape index (κ2) is 4.85.